The van der Waals surface area contributed by atoms with Gasteiger partial charge in [-0.1, -0.05) is 41.4 Å². The van der Waals surface area contributed by atoms with E-state index < -0.39 is 11.9 Å². The Morgan fingerprint density at radius 1 is 1.08 bits per heavy atom. The van der Waals surface area contributed by atoms with E-state index in [1.165, 1.54) is 24.3 Å². The van der Waals surface area contributed by atoms with Gasteiger partial charge in [0.15, 0.2) is 5.75 Å². The maximum Gasteiger partial charge on any atom is 0.326 e. The van der Waals surface area contributed by atoms with Gasteiger partial charge in [-0.3, -0.25) is 10.1 Å². The van der Waals surface area contributed by atoms with E-state index in [4.69, 9.17) is 27.9 Å². The number of urea groups is 1. The summed E-state index contributed by atoms with van der Waals surface area (Å²) in [4.78, 5) is 22.6. The molecule has 0 bridgehead atoms. The van der Waals surface area contributed by atoms with E-state index in [0.29, 0.717) is 11.1 Å². The predicted molar refractivity (Wildman–Crippen MR) is 91.8 cm³/mol. The second kappa shape index (κ2) is 7.13. The molecule has 1 heterocycles. The van der Waals surface area contributed by atoms with Gasteiger partial charge in [0.1, 0.15) is 18.1 Å². The highest BCUT2D eigenvalue weighted by Crippen LogP contribution is 2.35. The zero-order chi connectivity index (χ0) is 18.0. The minimum atomic E-state index is -0.599. The van der Waals surface area contributed by atoms with Gasteiger partial charge in [0.25, 0.3) is 5.91 Å². The molecule has 0 aliphatic carbocycles. The number of hydrogen-bond acceptors (Lipinski definition) is 3. The lowest BCUT2D eigenvalue weighted by molar-refractivity contribution is -0.115. The first-order valence-corrected chi connectivity index (χ1v) is 7.89. The number of imide groups is 1. The van der Waals surface area contributed by atoms with E-state index in [1.807, 2.05) is 0 Å². The maximum absolute atomic E-state index is 13.6. The van der Waals surface area contributed by atoms with Crippen LogP contribution in [0.5, 0.6) is 5.75 Å². The molecule has 0 atom stereocenters. The van der Waals surface area contributed by atoms with Crippen molar-refractivity contribution in [3.8, 4) is 5.75 Å². The van der Waals surface area contributed by atoms with Crippen LogP contribution in [0.2, 0.25) is 10.0 Å². The van der Waals surface area contributed by atoms with Crippen LogP contribution >= 0.6 is 23.2 Å². The quantitative estimate of drug-likeness (QED) is 0.624. The van der Waals surface area contributed by atoms with E-state index in [-0.39, 0.29) is 33.9 Å². The fraction of sp³-hybridized carbons (Fsp3) is 0.0588. The summed E-state index contributed by atoms with van der Waals surface area (Å²) in [5.74, 6) is -0.732. The molecule has 0 saturated carbocycles. The summed E-state index contributed by atoms with van der Waals surface area (Å²) in [7, 11) is 0. The summed E-state index contributed by atoms with van der Waals surface area (Å²) in [6.07, 6.45) is 1.43. The van der Waals surface area contributed by atoms with E-state index in [2.05, 4.69) is 10.6 Å². The molecule has 25 heavy (non-hydrogen) atoms. The van der Waals surface area contributed by atoms with Gasteiger partial charge < -0.3 is 10.1 Å². The van der Waals surface area contributed by atoms with Crippen molar-refractivity contribution in [2.24, 2.45) is 0 Å². The average molecular weight is 381 g/mol. The molecule has 2 aromatic rings. The van der Waals surface area contributed by atoms with E-state index in [0.717, 1.165) is 0 Å². The molecule has 2 N–H and O–H groups in total. The first-order chi connectivity index (χ1) is 11.9. The first kappa shape index (κ1) is 17.3. The fourth-order valence-corrected chi connectivity index (χ4v) is 2.83. The standard InChI is InChI=1S/C17H11Cl2FN2O3/c18-11-5-9(7-14-16(23)22-17(24)21-14)6-12(19)15(11)25-8-10-3-1-2-4-13(10)20/h1-7H,8H2,(H2,21,22,23,24). The van der Waals surface area contributed by atoms with Gasteiger partial charge in [0.2, 0.25) is 0 Å². The van der Waals surface area contributed by atoms with Gasteiger partial charge in [0, 0.05) is 5.56 Å². The zero-order valence-corrected chi connectivity index (χ0v) is 14.1. The van der Waals surface area contributed by atoms with E-state index in [9.17, 15) is 14.0 Å². The van der Waals surface area contributed by atoms with Gasteiger partial charge in [-0.05, 0) is 29.8 Å². The third-order valence-electron chi connectivity index (χ3n) is 3.38. The maximum atomic E-state index is 13.6. The number of benzene rings is 2. The van der Waals surface area contributed by atoms with Gasteiger partial charge >= 0.3 is 6.03 Å². The van der Waals surface area contributed by atoms with Crippen LogP contribution in [0.1, 0.15) is 11.1 Å². The number of carbonyl (C=O) groups excluding carboxylic acids is 2. The van der Waals surface area contributed by atoms with Crippen LogP contribution in [-0.4, -0.2) is 11.9 Å². The predicted octanol–water partition coefficient (Wildman–Crippen LogP) is 3.89. The van der Waals surface area contributed by atoms with Crippen LogP contribution in [-0.2, 0) is 11.4 Å². The number of amides is 3. The van der Waals surface area contributed by atoms with Gasteiger partial charge in [-0.25, -0.2) is 9.18 Å². The van der Waals surface area contributed by atoms with E-state index >= 15 is 0 Å². The van der Waals surface area contributed by atoms with Crippen molar-refractivity contribution >= 4 is 41.2 Å². The highest BCUT2D eigenvalue weighted by molar-refractivity contribution is 6.37. The zero-order valence-electron chi connectivity index (χ0n) is 12.6. The van der Waals surface area contributed by atoms with Crippen molar-refractivity contribution in [1.29, 1.82) is 0 Å². The SMILES string of the molecule is O=C1NC(=O)C(=Cc2cc(Cl)c(OCc3ccccc3F)c(Cl)c2)N1. The molecule has 1 aliphatic rings. The second-order valence-electron chi connectivity index (χ2n) is 5.16. The topological polar surface area (TPSA) is 67.4 Å². The first-order valence-electron chi connectivity index (χ1n) is 7.13. The Morgan fingerprint density at radius 3 is 2.36 bits per heavy atom. The number of rotatable bonds is 4. The molecular formula is C17H11Cl2FN2O3. The van der Waals surface area contributed by atoms with Crippen molar-refractivity contribution in [3.63, 3.8) is 0 Å². The highest BCUT2D eigenvalue weighted by Gasteiger charge is 2.23. The molecule has 0 radical (unpaired) electrons. The van der Waals surface area contributed by atoms with Crippen molar-refractivity contribution < 1.29 is 18.7 Å². The normalized spacial score (nSPS) is 15.2. The number of halogens is 3. The summed E-state index contributed by atoms with van der Waals surface area (Å²) in [5, 5.41) is 4.84. The molecule has 1 fully saturated rings. The number of hydrogen-bond donors (Lipinski definition) is 2. The third-order valence-corrected chi connectivity index (χ3v) is 3.94. The van der Waals surface area contributed by atoms with Crippen LogP contribution in [0.4, 0.5) is 9.18 Å². The monoisotopic (exact) mass is 380 g/mol. The van der Waals surface area contributed by atoms with E-state index in [1.54, 1.807) is 18.2 Å². The Labute approximate surface area is 152 Å². The Hall–Kier alpha value is -2.57. The summed E-state index contributed by atoms with van der Waals surface area (Å²) in [6.45, 7) is -0.0367. The van der Waals surface area contributed by atoms with Gasteiger partial charge in [0.05, 0.1) is 10.0 Å². The third kappa shape index (κ3) is 3.92. The van der Waals surface area contributed by atoms with Crippen molar-refractivity contribution in [3.05, 3.63) is 69.1 Å². The second-order valence-corrected chi connectivity index (χ2v) is 5.97. The fourth-order valence-electron chi connectivity index (χ4n) is 2.22. The smallest absolute Gasteiger partial charge is 0.326 e. The molecule has 5 nitrogen and oxygen atoms in total. The lowest BCUT2D eigenvalue weighted by atomic mass is 10.1. The lowest BCUT2D eigenvalue weighted by Crippen LogP contribution is -2.22. The molecular weight excluding hydrogens is 370 g/mol. The average Bonchev–Trinajstić information content (AvgIpc) is 2.85. The van der Waals surface area contributed by atoms with Gasteiger partial charge in [-0.2, -0.15) is 0 Å². The van der Waals surface area contributed by atoms with Crippen LogP contribution in [0.25, 0.3) is 6.08 Å². The molecule has 8 heteroatoms. The van der Waals surface area contributed by atoms with Crippen molar-refractivity contribution in [2.45, 2.75) is 6.61 Å². The molecule has 3 rings (SSSR count). The summed E-state index contributed by atoms with van der Waals surface area (Å²) >= 11 is 12.3. The molecule has 1 saturated heterocycles. The summed E-state index contributed by atoms with van der Waals surface area (Å²) < 4.78 is 19.2. The summed E-state index contributed by atoms with van der Waals surface area (Å²) in [5.41, 5.74) is 0.948. The summed E-state index contributed by atoms with van der Waals surface area (Å²) in [6, 6.07) is 8.65. The van der Waals surface area contributed by atoms with Crippen LogP contribution in [0.3, 0.4) is 0 Å². The minimum Gasteiger partial charge on any atom is -0.486 e. The molecule has 2 aromatic carbocycles. The lowest BCUT2D eigenvalue weighted by Gasteiger charge is -2.11. The molecule has 0 unspecified atom stereocenters. The van der Waals surface area contributed by atoms with Crippen LogP contribution in [0.15, 0.2) is 42.1 Å². The molecule has 3 amide bonds. The molecule has 0 spiro atoms. The molecule has 0 aromatic heterocycles. The van der Waals surface area contributed by atoms with Crippen molar-refractivity contribution in [2.75, 3.05) is 0 Å². The Bertz CT molecular complexity index is 876. The van der Waals surface area contributed by atoms with Gasteiger partial charge in [-0.15, -0.1) is 0 Å². The Kier molecular flexibility index (Phi) is 4.92. The van der Waals surface area contributed by atoms with Crippen molar-refractivity contribution in [1.82, 2.24) is 10.6 Å². The Morgan fingerprint density at radius 2 is 1.76 bits per heavy atom. The largest absolute Gasteiger partial charge is 0.486 e. The van der Waals surface area contributed by atoms with Crippen LogP contribution in [0, 0.1) is 5.82 Å². The highest BCUT2D eigenvalue weighted by atomic mass is 35.5. The number of ether oxygens (including phenoxy) is 1. The minimum absolute atomic E-state index is 0.0367. The van der Waals surface area contributed by atoms with Crippen LogP contribution < -0.4 is 15.4 Å². The molecule has 128 valence electrons. The number of carbonyl (C=O) groups is 2. The molecule has 1 aliphatic heterocycles. The number of nitrogens with one attached hydrogen (secondary N) is 2. The Balaban J connectivity index is 1.81.